The van der Waals surface area contributed by atoms with Crippen LogP contribution in [-0.2, 0) is 4.79 Å². The molecule has 5 heteroatoms. The molecule has 1 rings (SSSR count). The predicted octanol–water partition coefficient (Wildman–Crippen LogP) is 1.85. The molecule has 1 unspecified atom stereocenters. The zero-order valence-corrected chi connectivity index (χ0v) is 10.8. The molecular weight excluding hydrogens is 238 g/mol. The molecule has 0 heterocycles. The molecule has 2 N–H and O–H groups in total. The highest BCUT2D eigenvalue weighted by atomic mass is 32.2. The summed E-state index contributed by atoms with van der Waals surface area (Å²) in [7, 11) is 3.29. The van der Waals surface area contributed by atoms with Crippen LogP contribution in [0.5, 0.6) is 5.75 Å². The number of nitrogens with one attached hydrogen (secondary N) is 1. The van der Waals surface area contributed by atoms with Gasteiger partial charge in [-0.05, 0) is 37.7 Å². The van der Waals surface area contributed by atoms with Gasteiger partial charge in [0, 0.05) is 10.6 Å². The van der Waals surface area contributed by atoms with Gasteiger partial charge in [0.25, 0.3) is 0 Å². The van der Waals surface area contributed by atoms with E-state index in [-0.39, 0.29) is 0 Å². The van der Waals surface area contributed by atoms with Crippen LogP contribution in [0.25, 0.3) is 0 Å². The number of benzene rings is 1. The maximum absolute atomic E-state index is 10.8. The molecule has 1 aromatic carbocycles. The number of likely N-dealkylation sites (N-methyl/N-ethyl adjacent to an activating group) is 1. The lowest BCUT2D eigenvalue weighted by molar-refractivity contribution is -0.139. The first-order valence-corrected chi connectivity index (χ1v) is 6.33. The Morgan fingerprint density at radius 2 is 2.12 bits per heavy atom. The first-order chi connectivity index (χ1) is 8.17. The van der Waals surface area contributed by atoms with E-state index in [1.165, 1.54) is 0 Å². The van der Waals surface area contributed by atoms with Crippen LogP contribution in [0.3, 0.4) is 0 Å². The van der Waals surface area contributed by atoms with Gasteiger partial charge in [-0.2, -0.15) is 0 Å². The van der Waals surface area contributed by atoms with Crippen LogP contribution >= 0.6 is 11.8 Å². The number of methoxy groups -OCH3 is 1. The standard InChI is InChI=1S/C12H17NO3S/c1-13-11(12(14)15)7-8-17-10-5-3-9(16-2)4-6-10/h3-6,11,13H,7-8H2,1-2H3,(H,14,15). The summed E-state index contributed by atoms with van der Waals surface area (Å²) in [6.07, 6.45) is 0.600. The molecule has 1 aromatic rings. The van der Waals surface area contributed by atoms with Gasteiger partial charge in [0.2, 0.25) is 0 Å². The van der Waals surface area contributed by atoms with Crippen LogP contribution in [0.2, 0.25) is 0 Å². The van der Waals surface area contributed by atoms with E-state index in [2.05, 4.69) is 5.32 Å². The number of aliphatic carboxylic acids is 1. The van der Waals surface area contributed by atoms with Crippen molar-refractivity contribution < 1.29 is 14.6 Å². The van der Waals surface area contributed by atoms with Crippen LogP contribution in [-0.4, -0.2) is 37.0 Å². The molecule has 1 atom stereocenters. The number of rotatable bonds is 7. The van der Waals surface area contributed by atoms with Crippen molar-refractivity contribution in [3.63, 3.8) is 0 Å². The molecule has 17 heavy (non-hydrogen) atoms. The number of thioether (sulfide) groups is 1. The molecule has 0 aliphatic heterocycles. The average Bonchev–Trinajstić information content (AvgIpc) is 2.35. The molecular formula is C12H17NO3S. The number of carbonyl (C=O) groups is 1. The third-order valence-electron chi connectivity index (χ3n) is 2.38. The molecule has 0 amide bonds. The topological polar surface area (TPSA) is 58.6 Å². The van der Waals surface area contributed by atoms with Gasteiger partial charge in [0.05, 0.1) is 7.11 Å². The summed E-state index contributed by atoms with van der Waals surface area (Å²) in [4.78, 5) is 11.9. The second kappa shape index (κ2) is 7.19. The highest BCUT2D eigenvalue weighted by Crippen LogP contribution is 2.22. The zero-order valence-electron chi connectivity index (χ0n) is 9.97. The largest absolute Gasteiger partial charge is 0.497 e. The molecule has 0 aromatic heterocycles. The van der Waals surface area contributed by atoms with Gasteiger partial charge in [0.1, 0.15) is 11.8 Å². The fourth-order valence-electron chi connectivity index (χ4n) is 1.36. The summed E-state index contributed by atoms with van der Waals surface area (Å²) in [6, 6.07) is 7.27. The Hall–Kier alpha value is -1.20. The molecule has 0 fully saturated rings. The third kappa shape index (κ3) is 4.66. The van der Waals surface area contributed by atoms with Crippen molar-refractivity contribution in [1.29, 1.82) is 0 Å². The monoisotopic (exact) mass is 255 g/mol. The minimum Gasteiger partial charge on any atom is -0.497 e. The molecule has 94 valence electrons. The van der Waals surface area contributed by atoms with E-state index in [1.54, 1.807) is 25.9 Å². The average molecular weight is 255 g/mol. The molecule has 0 bridgehead atoms. The van der Waals surface area contributed by atoms with E-state index < -0.39 is 12.0 Å². The second-order valence-electron chi connectivity index (χ2n) is 3.49. The lowest BCUT2D eigenvalue weighted by atomic mass is 10.2. The third-order valence-corrected chi connectivity index (χ3v) is 3.43. The quantitative estimate of drug-likeness (QED) is 0.728. The highest BCUT2D eigenvalue weighted by Gasteiger charge is 2.13. The molecule has 4 nitrogen and oxygen atoms in total. The smallest absolute Gasteiger partial charge is 0.320 e. The van der Waals surface area contributed by atoms with Crippen molar-refractivity contribution in [2.24, 2.45) is 0 Å². The predicted molar refractivity (Wildman–Crippen MR) is 68.8 cm³/mol. The Bertz CT molecular complexity index is 353. The van der Waals surface area contributed by atoms with Gasteiger partial charge >= 0.3 is 5.97 Å². The number of ether oxygens (including phenoxy) is 1. The number of hydrogen-bond donors (Lipinski definition) is 2. The molecule has 0 spiro atoms. The lowest BCUT2D eigenvalue weighted by Gasteiger charge is -2.10. The summed E-state index contributed by atoms with van der Waals surface area (Å²) in [6.45, 7) is 0. The molecule has 0 saturated heterocycles. The maximum atomic E-state index is 10.8. The summed E-state index contributed by atoms with van der Waals surface area (Å²) < 4.78 is 5.06. The van der Waals surface area contributed by atoms with Gasteiger partial charge in [-0.3, -0.25) is 4.79 Å². The summed E-state index contributed by atoms with van der Waals surface area (Å²) in [5, 5.41) is 11.6. The van der Waals surface area contributed by atoms with E-state index in [0.717, 1.165) is 16.4 Å². The van der Waals surface area contributed by atoms with Crippen molar-refractivity contribution in [3.8, 4) is 5.75 Å². The Morgan fingerprint density at radius 1 is 1.47 bits per heavy atom. The summed E-state index contributed by atoms with van der Waals surface area (Å²) >= 11 is 1.64. The minimum atomic E-state index is -0.803. The van der Waals surface area contributed by atoms with Gasteiger partial charge < -0.3 is 15.2 Å². The Labute approximate surface area is 105 Å². The number of hydrogen-bond acceptors (Lipinski definition) is 4. The van der Waals surface area contributed by atoms with Gasteiger partial charge in [-0.25, -0.2) is 0 Å². The Morgan fingerprint density at radius 3 is 2.59 bits per heavy atom. The van der Waals surface area contributed by atoms with Gasteiger partial charge in [-0.15, -0.1) is 11.8 Å². The van der Waals surface area contributed by atoms with Crippen molar-refractivity contribution in [3.05, 3.63) is 24.3 Å². The lowest BCUT2D eigenvalue weighted by Crippen LogP contribution is -2.34. The van der Waals surface area contributed by atoms with Gasteiger partial charge in [0.15, 0.2) is 0 Å². The summed E-state index contributed by atoms with van der Waals surface area (Å²) in [5.41, 5.74) is 0. The zero-order chi connectivity index (χ0) is 12.7. The normalized spacial score (nSPS) is 12.1. The SMILES string of the molecule is CNC(CCSc1ccc(OC)cc1)C(=O)O. The van der Waals surface area contributed by atoms with Crippen molar-refractivity contribution in [2.75, 3.05) is 19.9 Å². The van der Waals surface area contributed by atoms with Crippen LogP contribution in [0.4, 0.5) is 0 Å². The molecule has 0 radical (unpaired) electrons. The van der Waals surface area contributed by atoms with E-state index in [9.17, 15) is 4.79 Å². The second-order valence-corrected chi connectivity index (χ2v) is 4.66. The fraction of sp³-hybridized carbons (Fsp3) is 0.417. The van der Waals surface area contributed by atoms with Crippen LogP contribution < -0.4 is 10.1 Å². The van der Waals surface area contributed by atoms with Crippen LogP contribution in [0.15, 0.2) is 29.2 Å². The Kier molecular flexibility index (Phi) is 5.86. The molecule has 0 saturated carbocycles. The fourth-order valence-corrected chi connectivity index (χ4v) is 2.28. The van der Waals surface area contributed by atoms with Crippen molar-refractivity contribution in [2.45, 2.75) is 17.4 Å². The van der Waals surface area contributed by atoms with Crippen molar-refractivity contribution in [1.82, 2.24) is 5.32 Å². The first kappa shape index (κ1) is 13.9. The number of carboxylic acids is 1. The van der Waals surface area contributed by atoms with Crippen LogP contribution in [0, 0.1) is 0 Å². The maximum Gasteiger partial charge on any atom is 0.320 e. The Balaban J connectivity index is 2.37. The van der Waals surface area contributed by atoms with E-state index >= 15 is 0 Å². The van der Waals surface area contributed by atoms with Crippen molar-refractivity contribution >= 4 is 17.7 Å². The minimum absolute atomic E-state index is 0.472. The van der Waals surface area contributed by atoms with E-state index in [0.29, 0.717) is 6.42 Å². The molecule has 0 aliphatic carbocycles. The summed E-state index contributed by atoms with van der Waals surface area (Å²) in [5.74, 6) is 0.792. The highest BCUT2D eigenvalue weighted by molar-refractivity contribution is 7.99. The van der Waals surface area contributed by atoms with Gasteiger partial charge in [-0.1, -0.05) is 0 Å². The first-order valence-electron chi connectivity index (χ1n) is 5.34. The van der Waals surface area contributed by atoms with Crippen LogP contribution in [0.1, 0.15) is 6.42 Å². The van der Waals surface area contributed by atoms with E-state index in [4.69, 9.17) is 9.84 Å². The van der Waals surface area contributed by atoms with E-state index in [1.807, 2.05) is 24.3 Å². The molecule has 0 aliphatic rings. The number of carboxylic acid groups (broad SMARTS) is 1.